The van der Waals surface area contributed by atoms with E-state index in [1.165, 1.54) is 24.0 Å². The highest BCUT2D eigenvalue weighted by atomic mass is 32.2. The third kappa shape index (κ3) is 4.41. The summed E-state index contributed by atoms with van der Waals surface area (Å²) in [6.07, 6.45) is 1.39. The third-order valence-electron chi connectivity index (χ3n) is 3.08. The number of nitrogens with zero attached hydrogens (tertiary/aromatic N) is 3. The van der Waals surface area contributed by atoms with E-state index in [9.17, 15) is 14.9 Å². The number of thiazole rings is 1. The maximum atomic E-state index is 12.1. The van der Waals surface area contributed by atoms with Crippen LogP contribution in [0.2, 0.25) is 0 Å². The number of aromatic nitrogens is 1. The van der Waals surface area contributed by atoms with Crippen LogP contribution < -0.4 is 5.43 Å². The summed E-state index contributed by atoms with van der Waals surface area (Å²) in [7, 11) is 0. The Kier molecular flexibility index (Phi) is 5.41. The summed E-state index contributed by atoms with van der Waals surface area (Å²) in [5.74, 6) is -0.258. The van der Waals surface area contributed by atoms with Crippen LogP contribution in [-0.4, -0.2) is 27.3 Å². The van der Waals surface area contributed by atoms with Crippen LogP contribution in [0.5, 0.6) is 0 Å². The molecule has 2 aromatic heterocycles. The maximum absolute atomic E-state index is 12.1. The van der Waals surface area contributed by atoms with Gasteiger partial charge in [-0.05, 0) is 25.1 Å². The lowest BCUT2D eigenvalue weighted by molar-refractivity contribution is -0.380. The zero-order chi connectivity index (χ0) is 17.8. The minimum absolute atomic E-state index is 0.0348. The molecule has 0 aliphatic heterocycles. The topological polar surface area (TPSA) is 97.5 Å². The van der Waals surface area contributed by atoms with E-state index in [1.54, 1.807) is 24.3 Å². The van der Waals surface area contributed by atoms with E-state index >= 15 is 0 Å². The highest BCUT2D eigenvalue weighted by Crippen LogP contribution is 2.31. The zero-order valence-corrected chi connectivity index (χ0v) is 15.4. The minimum Gasteiger partial charge on any atom is -0.272 e. The minimum atomic E-state index is -0.461. The summed E-state index contributed by atoms with van der Waals surface area (Å²) in [5, 5.41) is 14.1. The Hall–Kier alpha value is -2.30. The number of para-hydroxylation sites is 1. The van der Waals surface area contributed by atoms with E-state index in [4.69, 9.17) is 0 Å². The molecule has 1 unspecified atom stereocenters. The van der Waals surface area contributed by atoms with Gasteiger partial charge in [-0.15, -0.1) is 11.3 Å². The molecule has 1 N–H and O–H groups in total. The largest absolute Gasteiger partial charge is 0.324 e. The lowest BCUT2D eigenvalue weighted by Crippen LogP contribution is -2.26. The number of carbonyl (C=O) groups is 1. The molecule has 10 heteroatoms. The van der Waals surface area contributed by atoms with E-state index in [2.05, 4.69) is 15.5 Å². The van der Waals surface area contributed by atoms with Crippen LogP contribution >= 0.6 is 34.4 Å². The highest BCUT2D eigenvalue weighted by molar-refractivity contribution is 8.02. The molecular formula is C15H12N4O3S3. The molecule has 7 nitrogen and oxygen atoms in total. The molecule has 0 saturated carbocycles. The normalized spacial score (nSPS) is 12.5. The number of benzene rings is 1. The number of thioether (sulfide) groups is 1. The molecule has 3 rings (SSSR count). The molecule has 0 bridgehead atoms. The SMILES string of the molecule is CC(Sc1nc2ccccc2s1)C(=O)N/N=C\c1ccc([N+](=O)[O-])s1. The Morgan fingerprint density at radius 1 is 1.36 bits per heavy atom. The summed E-state index contributed by atoms with van der Waals surface area (Å²) in [4.78, 5) is 27.3. The lowest BCUT2D eigenvalue weighted by Gasteiger charge is -2.06. The number of carbonyl (C=O) groups excluding carboxylic acids is 1. The monoisotopic (exact) mass is 392 g/mol. The fourth-order valence-corrected chi connectivity index (χ4v) is 4.76. The summed E-state index contributed by atoms with van der Waals surface area (Å²) in [6.45, 7) is 1.78. The molecule has 2 heterocycles. The van der Waals surface area contributed by atoms with Crippen LogP contribution in [0.1, 0.15) is 11.8 Å². The lowest BCUT2D eigenvalue weighted by atomic mass is 10.3. The molecule has 128 valence electrons. The van der Waals surface area contributed by atoms with Crippen molar-refractivity contribution in [2.24, 2.45) is 5.10 Å². The van der Waals surface area contributed by atoms with Crippen molar-refractivity contribution in [3.63, 3.8) is 0 Å². The van der Waals surface area contributed by atoms with Gasteiger partial charge in [0.25, 0.3) is 5.91 Å². The molecule has 1 aromatic carbocycles. The first-order chi connectivity index (χ1) is 12.0. The van der Waals surface area contributed by atoms with Gasteiger partial charge in [-0.25, -0.2) is 10.4 Å². The number of hydrogen-bond acceptors (Lipinski definition) is 8. The van der Waals surface area contributed by atoms with Crippen molar-refractivity contribution in [2.75, 3.05) is 0 Å². The van der Waals surface area contributed by atoms with Crippen molar-refractivity contribution in [1.29, 1.82) is 0 Å². The second kappa shape index (κ2) is 7.72. The van der Waals surface area contributed by atoms with Crippen LogP contribution in [0.3, 0.4) is 0 Å². The summed E-state index contributed by atoms with van der Waals surface area (Å²) >= 11 is 3.90. The van der Waals surface area contributed by atoms with E-state index in [-0.39, 0.29) is 16.2 Å². The Morgan fingerprint density at radius 2 is 2.16 bits per heavy atom. The van der Waals surface area contributed by atoms with Crippen molar-refractivity contribution >= 4 is 61.8 Å². The van der Waals surface area contributed by atoms with Crippen molar-refractivity contribution < 1.29 is 9.72 Å². The van der Waals surface area contributed by atoms with Crippen LogP contribution in [0.15, 0.2) is 45.8 Å². The van der Waals surface area contributed by atoms with Crippen molar-refractivity contribution in [2.45, 2.75) is 16.5 Å². The van der Waals surface area contributed by atoms with Gasteiger partial charge >= 0.3 is 5.00 Å². The molecule has 0 aliphatic carbocycles. The molecule has 1 amide bonds. The van der Waals surface area contributed by atoms with Crippen molar-refractivity contribution in [1.82, 2.24) is 10.4 Å². The average Bonchev–Trinajstić information content (AvgIpc) is 3.20. The quantitative estimate of drug-likeness (QED) is 0.297. The number of nitrogens with one attached hydrogen (secondary N) is 1. The molecule has 25 heavy (non-hydrogen) atoms. The van der Waals surface area contributed by atoms with Crippen LogP contribution in [0.25, 0.3) is 10.2 Å². The Balaban J connectivity index is 1.56. The number of thiophene rings is 1. The van der Waals surface area contributed by atoms with Gasteiger partial charge in [0.15, 0.2) is 4.34 Å². The van der Waals surface area contributed by atoms with Crippen molar-refractivity contribution in [3.8, 4) is 0 Å². The Morgan fingerprint density at radius 3 is 2.88 bits per heavy atom. The third-order valence-corrected chi connectivity index (χ3v) is 6.28. The zero-order valence-electron chi connectivity index (χ0n) is 12.9. The molecule has 0 fully saturated rings. The van der Waals surface area contributed by atoms with Crippen LogP contribution in [0, 0.1) is 10.1 Å². The molecule has 0 spiro atoms. The van der Waals surface area contributed by atoms with Gasteiger partial charge in [-0.1, -0.05) is 35.2 Å². The Bertz CT molecular complexity index is 917. The first-order valence-corrected chi connectivity index (χ1v) is 9.63. The molecular weight excluding hydrogens is 380 g/mol. The van der Waals surface area contributed by atoms with E-state index in [1.807, 2.05) is 24.3 Å². The fourth-order valence-electron chi connectivity index (χ4n) is 1.87. The van der Waals surface area contributed by atoms with E-state index in [0.29, 0.717) is 4.88 Å². The number of hydrogen-bond donors (Lipinski definition) is 1. The highest BCUT2D eigenvalue weighted by Gasteiger charge is 2.16. The number of amides is 1. The second-order valence-corrected chi connectivity index (χ2v) is 8.59. The fraction of sp³-hybridized carbons (Fsp3) is 0.133. The van der Waals surface area contributed by atoms with Gasteiger partial charge < -0.3 is 0 Å². The number of rotatable bonds is 6. The maximum Gasteiger partial charge on any atom is 0.324 e. The first kappa shape index (κ1) is 17.5. The smallest absolute Gasteiger partial charge is 0.272 e. The number of fused-ring (bicyclic) bond motifs is 1. The second-order valence-electron chi connectivity index (χ2n) is 4.87. The molecule has 0 saturated heterocycles. The summed E-state index contributed by atoms with van der Waals surface area (Å²) < 4.78 is 1.90. The van der Waals surface area contributed by atoms with E-state index < -0.39 is 4.92 Å². The van der Waals surface area contributed by atoms with E-state index in [0.717, 1.165) is 25.9 Å². The first-order valence-electron chi connectivity index (χ1n) is 7.12. The average molecular weight is 392 g/mol. The number of nitro groups is 1. The van der Waals surface area contributed by atoms with Gasteiger partial charge in [0.1, 0.15) is 0 Å². The predicted molar refractivity (Wildman–Crippen MR) is 102 cm³/mol. The van der Waals surface area contributed by atoms with Crippen molar-refractivity contribution in [3.05, 3.63) is 51.4 Å². The predicted octanol–water partition coefficient (Wildman–Crippen LogP) is 3.90. The number of hydrazone groups is 1. The molecule has 0 aliphatic rings. The molecule has 3 aromatic rings. The van der Waals surface area contributed by atoms with Gasteiger partial charge in [0.05, 0.1) is 31.5 Å². The van der Waals surface area contributed by atoms with Gasteiger partial charge in [0.2, 0.25) is 0 Å². The standard InChI is InChI=1S/C15H12N4O3S3/c1-9(23-15-17-11-4-2-3-5-12(11)25-15)14(20)18-16-8-10-6-7-13(24-10)19(21)22/h2-9H,1H3,(H,18,20)/b16-8-. The summed E-state index contributed by atoms with van der Waals surface area (Å²) in [5.41, 5.74) is 3.36. The molecule has 0 radical (unpaired) electrons. The summed E-state index contributed by atoms with van der Waals surface area (Å²) in [6, 6.07) is 10.8. The molecule has 1 atom stereocenters. The van der Waals surface area contributed by atoms with Gasteiger partial charge in [-0.2, -0.15) is 5.10 Å². The van der Waals surface area contributed by atoms with Gasteiger partial charge in [-0.3, -0.25) is 14.9 Å². The Labute approximate surface area is 154 Å². The van der Waals surface area contributed by atoms with Crippen LogP contribution in [-0.2, 0) is 4.79 Å². The van der Waals surface area contributed by atoms with Gasteiger partial charge in [0, 0.05) is 6.07 Å². The van der Waals surface area contributed by atoms with Crippen LogP contribution in [0.4, 0.5) is 5.00 Å².